The van der Waals surface area contributed by atoms with Gasteiger partial charge in [0, 0.05) is 12.1 Å². The summed E-state index contributed by atoms with van der Waals surface area (Å²) in [6, 6.07) is 1.61. The topological polar surface area (TPSA) is 24.1 Å². The van der Waals surface area contributed by atoms with E-state index in [1.807, 2.05) is 0 Å². The van der Waals surface area contributed by atoms with Gasteiger partial charge in [-0.25, -0.2) is 0 Å². The molecule has 0 aromatic rings. The van der Waals surface area contributed by atoms with Gasteiger partial charge in [0.05, 0.1) is 0 Å². The number of nitrogens with one attached hydrogen (secondary N) is 2. The lowest BCUT2D eigenvalue weighted by atomic mass is 9.88. The highest BCUT2D eigenvalue weighted by Gasteiger charge is 2.33. The summed E-state index contributed by atoms with van der Waals surface area (Å²) in [5.74, 6) is 1.76. The standard InChI is InChI=1S/C16H32N2/c1-13(2)7-6-12-18-16-10-5-8-14(16)15-9-3-4-11-17-15/h13-18H,3-12H2,1-2H3. The Morgan fingerprint density at radius 3 is 2.72 bits per heavy atom. The minimum absolute atomic E-state index is 0.799. The average Bonchev–Trinajstić information content (AvgIpc) is 2.84. The Kier molecular flexibility index (Phi) is 5.97. The first-order valence-electron chi connectivity index (χ1n) is 8.24. The normalized spacial score (nSPS) is 33.2. The minimum atomic E-state index is 0.799. The molecule has 1 saturated heterocycles. The van der Waals surface area contributed by atoms with Gasteiger partial charge in [0.2, 0.25) is 0 Å². The highest BCUT2D eigenvalue weighted by Crippen LogP contribution is 2.31. The van der Waals surface area contributed by atoms with Gasteiger partial charge in [0.15, 0.2) is 0 Å². The van der Waals surface area contributed by atoms with Crippen LogP contribution in [0.1, 0.15) is 65.2 Å². The monoisotopic (exact) mass is 252 g/mol. The highest BCUT2D eigenvalue weighted by atomic mass is 15.0. The molecular weight excluding hydrogens is 220 g/mol. The lowest BCUT2D eigenvalue weighted by Crippen LogP contribution is -2.47. The molecular formula is C16H32N2. The fourth-order valence-electron chi connectivity index (χ4n) is 3.77. The Bertz CT molecular complexity index is 221. The van der Waals surface area contributed by atoms with Crippen molar-refractivity contribution in [1.29, 1.82) is 0 Å². The minimum Gasteiger partial charge on any atom is -0.314 e. The molecule has 0 spiro atoms. The third-order valence-electron chi connectivity index (χ3n) is 4.80. The maximum absolute atomic E-state index is 3.84. The van der Waals surface area contributed by atoms with Gasteiger partial charge in [0.1, 0.15) is 0 Å². The largest absolute Gasteiger partial charge is 0.314 e. The van der Waals surface area contributed by atoms with Crippen molar-refractivity contribution >= 4 is 0 Å². The summed E-state index contributed by atoms with van der Waals surface area (Å²) >= 11 is 0. The highest BCUT2D eigenvalue weighted by molar-refractivity contribution is 4.92. The third kappa shape index (κ3) is 4.24. The van der Waals surface area contributed by atoms with Crippen molar-refractivity contribution in [3.8, 4) is 0 Å². The predicted molar refractivity (Wildman–Crippen MR) is 78.8 cm³/mol. The van der Waals surface area contributed by atoms with Crippen LogP contribution in [0.3, 0.4) is 0 Å². The fourth-order valence-corrected chi connectivity index (χ4v) is 3.77. The van der Waals surface area contributed by atoms with Crippen molar-refractivity contribution in [2.75, 3.05) is 13.1 Å². The van der Waals surface area contributed by atoms with E-state index in [1.165, 1.54) is 64.5 Å². The Hall–Kier alpha value is -0.0800. The summed E-state index contributed by atoms with van der Waals surface area (Å²) in [5.41, 5.74) is 0. The van der Waals surface area contributed by atoms with Crippen molar-refractivity contribution in [2.45, 2.75) is 77.3 Å². The van der Waals surface area contributed by atoms with Crippen molar-refractivity contribution in [1.82, 2.24) is 10.6 Å². The van der Waals surface area contributed by atoms with E-state index < -0.39 is 0 Å². The summed E-state index contributed by atoms with van der Waals surface area (Å²) in [5, 5.41) is 7.60. The molecule has 3 unspecified atom stereocenters. The van der Waals surface area contributed by atoms with Crippen LogP contribution in [-0.2, 0) is 0 Å². The van der Waals surface area contributed by atoms with E-state index in [2.05, 4.69) is 24.5 Å². The van der Waals surface area contributed by atoms with Gasteiger partial charge < -0.3 is 10.6 Å². The molecule has 3 atom stereocenters. The first kappa shape index (κ1) is 14.3. The van der Waals surface area contributed by atoms with Gasteiger partial charge in [-0.05, 0) is 63.5 Å². The molecule has 2 N–H and O–H groups in total. The summed E-state index contributed by atoms with van der Waals surface area (Å²) in [7, 11) is 0. The third-order valence-corrected chi connectivity index (χ3v) is 4.80. The molecule has 0 aromatic heterocycles. The summed E-state index contributed by atoms with van der Waals surface area (Å²) in [6.07, 6.45) is 11.2. The van der Waals surface area contributed by atoms with Gasteiger partial charge in [-0.1, -0.05) is 26.7 Å². The molecule has 2 nitrogen and oxygen atoms in total. The molecule has 2 fully saturated rings. The van der Waals surface area contributed by atoms with Crippen LogP contribution in [0.25, 0.3) is 0 Å². The fraction of sp³-hybridized carbons (Fsp3) is 1.00. The smallest absolute Gasteiger partial charge is 0.0110 e. The molecule has 2 heteroatoms. The van der Waals surface area contributed by atoms with Crippen molar-refractivity contribution < 1.29 is 0 Å². The van der Waals surface area contributed by atoms with E-state index in [0.717, 1.165) is 23.9 Å². The quantitative estimate of drug-likeness (QED) is 0.709. The molecule has 106 valence electrons. The summed E-state index contributed by atoms with van der Waals surface area (Å²) < 4.78 is 0. The Labute approximate surface area is 113 Å². The molecule has 0 radical (unpaired) electrons. The number of piperidine rings is 1. The Morgan fingerprint density at radius 1 is 1.11 bits per heavy atom. The van der Waals surface area contributed by atoms with Crippen molar-refractivity contribution in [2.24, 2.45) is 11.8 Å². The number of hydrogen-bond acceptors (Lipinski definition) is 2. The van der Waals surface area contributed by atoms with E-state index in [-0.39, 0.29) is 0 Å². The van der Waals surface area contributed by atoms with Crippen LogP contribution in [-0.4, -0.2) is 25.2 Å². The van der Waals surface area contributed by atoms with Crippen molar-refractivity contribution in [3.05, 3.63) is 0 Å². The van der Waals surface area contributed by atoms with Crippen LogP contribution < -0.4 is 10.6 Å². The molecule has 1 aliphatic heterocycles. The molecule has 0 bridgehead atoms. The predicted octanol–water partition coefficient (Wildman–Crippen LogP) is 3.32. The van der Waals surface area contributed by atoms with Gasteiger partial charge in [-0.3, -0.25) is 0 Å². The molecule has 2 aliphatic rings. The summed E-state index contributed by atoms with van der Waals surface area (Å²) in [6.45, 7) is 7.13. The maximum Gasteiger partial charge on any atom is 0.0110 e. The second-order valence-corrected chi connectivity index (χ2v) is 6.75. The average molecular weight is 252 g/mol. The molecule has 0 amide bonds. The molecule has 1 aliphatic carbocycles. The van der Waals surface area contributed by atoms with E-state index in [0.29, 0.717) is 0 Å². The van der Waals surface area contributed by atoms with Crippen LogP contribution in [0, 0.1) is 11.8 Å². The van der Waals surface area contributed by atoms with Gasteiger partial charge in [0.25, 0.3) is 0 Å². The van der Waals surface area contributed by atoms with E-state index >= 15 is 0 Å². The molecule has 2 rings (SSSR count). The van der Waals surface area contributed by atoms with Gasteiger partial charge in [-0.2, -0.15) is 0 Å². The zero-order valence-corrected chi connectivity index (χ0v) is 12.4. The Morgan fingerprint density at radius 2 is 2.00 bits per heavy atom. The second-order valence-electron chi connectivity index (χ2n) is 6.75. The second kappa shape index (κ2) is 7.49. The maximum atomic E-state index is 3.84. The first-order valence-corrected chi connectivity index (χ1v) is 8.24. The first-order chi connectivity index (χ1) is 8.77. The van der Waals surface area contributed by atoms with Crippen LogP contribution in [0.2, 0.25) is 0 Å². The van der Waals surface area contributed by atoms with Crippen LogP contribution >= 0.6 is 0 Å². The SMILES string of the molecule is CC(C)CCCNC1CCCC1C1CCCCN1. The number of hydrogen-bond donors (Lipinski definition) is 2. The van der Waals surface area contributed by atoms with Crippen LogP contribution in [0.15, 0.2) is 0 Å². The molecule has 1 saturated carbocycles. The van der Waals surface area contributed by atoms with Gasteiger partial charge in [-0.15, -0.1) is 0 Å². The van der Waals surface area contributed by atoms with E-state index in [4.69, 9.17) is 0 Å². The Balaban J connectivity index is 1.69. The van der Waals surface area contributed by atoms with Crippen LogP contribution in [0.4, 0.5) is 0 Å². The zero-order valence-electron chi connectivity index (χ0n) is 12.4. The molecule has 18 heavy (non-hydrogen) atoms. The van der Waals surface area contributed by atoms with Crippen LogP contribution in [0.5, 0.6) is 0 Å². The lowest BCUT2D eigenvalue weighted by Gasteiger charge is -2.33. The summed E-state index contributed by atoms with van der Waals surface area (Å²) in [4.78, 5) is 0. The zero-order chi connectivity index (χ0) is 12.8. The van der Waals surface area contributed by atoms with E-state index in [9.17, 15) is 0 Å². The van der Waals surface area contributed by atoms with Gasteiger partial charge >= 0.3 is 0 Å². The van der Waals surface area contributed by atoms with Crippen molar-refractivity contribution in [3.63, 3.8) is 0 Å². The number of rotatable bonds is 6. The molecule has 0 aromatic carbocycles. The lowest BCUT2D eigenvalue weighted by molar-refractivity contribution is 0.256. The molecule has 1 heterocycles. The van der Waals surface area contributed by atoms with E-state index in [1.54, 1.807) is 0 Å².